The van der Waals surface area contributed by atoms with E-state index in [1.165, 1.54) is 0 Å². The molecule has 44 heavy (non-hydrogen) atoms. The van der Waals surface area contributed by atoms with Gasteiger partial charge in [0.25, 0.3) is 0 Å². The molecule has 0 spiro atoms. The van der Waals surface area contributed by atoms with Crippen LogP contribution >= 0.6 is 0 Å². The number of carbonyl (C=O) groups excluding carboxylic acids is 2. The summed E-state index contributed by atoms with van der Waals surface area (Å²) in [5.74, 6) is -0.154. The highest BCUT2D eigenvalue weighted by molar-refractivity contribution is 5.97. The van der Waals surface area contributed by atoms with Gasteiger partial charge in [0.15, 0.2) is 0 Å². The van der Waals surface area contributed by atoms with Crippen molar-refractivity contribution in [3.05, 3.63) is 83.9 Å². The Kier molecular flexibility index (Phi) is 9.92. The van der Waals surface area contributed by atoms with Crippen molar-refractivity contribution < 1.29 is 24.6 Å². The van der Waals surface area contributed by atoms with E-state index in [1.807, 2.05) is 48.5 Å². The number of anilines is 1. The lowest BCUT2D eigenvalue weighted by Gasteiger charge is -2.29. The highest BCUT2D eigenvalue weighted by Crippen LogP contribution is 2.29. The number of aromatic nitrogens is 4. The standard InChI is InChI=1S/C32H35N7O5/c40-19-25-3-1-2-4-27(25)22-9-5-20(6-10-22)17-28(35-30(41)24-11-7-21(8-12-24)18-33-32(43)44)31(42)34-26-15-13-23(14-16-26)29-36-38-39-37-29/h1-6,9-10,13-16,21,24,28,33,40H,7-8,11-12,17-19H2,(H,34,42)(H,35,41)(H,43,44)(H,36,37,38,39)/t21-,24-,28-/m0/s1. The largest absolute Gasteiger partial charge is 0.465 e. The fourth-order valence-electron chi connectivity index (χ4n) is 5.57. The van der Waals surface area contributed by atoms with E-state index in [0.717, 1.165) is 40.7 Å². The van der Waals surface area contributed by atoms with Crippen molar-refractivity contribution in [2.24, 2.45) is 11.8 Å². The molecule has 0 unspecified atom stereocenters. The first kappa shape index (κ1) is 30.4. The third kappa shape index (κ3) is 7.84. The normalized spacial score (nSPS) is 16.9. The van der Waals surface area contributed by atoms with E-state index in [9.17, 15) is 19.5 Å². The number of amides is 3. The van der Waals surface area contributed by atoms with Crippen LogP contribution in [0.2, 0.25) is 0 Å². The zero-order valence-electron chi connectivity index (χ0n) is 24.1. The second kappa shape index (κ2) is 14.4. The van der Waals surface area contributed by atoms with E-state index in [4.69, 9.17) is 5.11 Å². The Labute approximate surface area is 254 Å². The fourth-order valence-corrected chi connectivity index (χ4v) is 5.57. The summed E-state index contributed by atoms with van der Waals surface area (Å²) in [5, 5.41) is 40.9. The molecule has 12 heteroatoms. The molecule has 6 N–H and O–H groups in total. The molecule has 1 aliphatic rings. The van der Waals surface area contributed by atoms with Gasteiger partial charge in [-0.15, -0.1) is 10.2 Å². The van der Waals surface area contributed by atoms with Gasteiger partial charge in [0, 0.05) is 30.1 Å². The molecule has 0 radical (unpaired) electrons. The molecule has 3 aromatic carbocycles. The Morgan fingerprint density at radius 3 is 2.27 bits per heavy atom. The van der Waals surface area contributed by atoms with Crippen LogP contribution in [-0.4, -0.2) is 61.3 Å². The minimum absolute atomic E-state index is 0.0692. The number of nitrogens with one attached hydrogen (secondary N) is 4. The second-order valence-corrected chi connectivity index (χ2v) is 11.0. The minimum Gasteiger partial charge on any atom is -0.465 e. The van der Waals surface area contributed by atoms with Crippen molar-refractivity contribution in [3.8, 4) is 22.5 Å². The number of tetrazole rings is 1. The van der Waals surface area contributed by atoms with E-state index in [1.54, 1.807) is 24.3 Å². The summed E-state index contributed by atoms with van der Waals surface area (Å²) in [7, 11) is 0. The monoisotopic (exact) mass is 597 g/mol. The second-order valence-electron chi connectivity index (χ2n) is 11.0. The SMILES string of the molecule is O=C(O)NC[C@H]1CC[C@H](C(=O)N[C@@H](Cc2ccc(-c3ccccc3CO)cc2)C(=O)Nc2ccc(-c3nn[nH]n3)cc2)CC1. The summed E-state index contributed by atoms with van der Waals surface area (Å²) >= 11 is 0. The lowest BCUT2D eigenvalue weighted by molar-refractivity contribution is -0.130. The molecule has 1 aromatic heterocycles. The first-order valence-electron chi connectivity index (χ1n) is 14.6. The van der Waals surface area contributed by atoms with Gasteiger partial charge in [0.05, 0.1) is 6.61 Å². The number of nitrogens with zero attached hydrogens (tertiary/aromatic N) is 3. The summed E-state index contributed by atoms with van der Waals surface area (Å²) in [6.07, 6.45) is 1.95. The lowest BCUT2D eigenvalue weighted by Crippen LogP contribution is -2.48. The van der Waals surface area contributed by atoms with Gasteiger partial charge in [-0.1, -0.05) is 48.5 Å². The molecule has 1 fully saturated rings. The molecule has 1 saturated carbocycles. The maximum atomic E-state index is 13.6. The quantitative estimate of drug-likeness (QED) is 0.151. The Morgan fingerprint density at radius 2 is 1.61 bits per heavy atom. The van der Waals surface area contributed by atoms with Crippen molar-refractivity contribution in [1.82, 2.24) is 31.3 Å². The molecular weight excluding hydrogens is 562 g/mol. The molecular formula is C32H35N7O5. The maximum Gasteiger partial charge on any atom is 0.404 e. The number of hydrogen-bond acceptors (Lipinski definition) is 7. The smallest absolute Gasteiger partial charge is 0.404 e. The Balaban J connectivity index is 1.28. The number of carboxylic acid groups (broad SMARTS) is 1. The van der Waals surface area contributed by atoms with Gasteiger partial charge in [-0.25, -0.2) is 4.79 Å². The summed E-state index contributed by atoms with van der Waals surface area (Å²) in [5.41, 5.74) is 4.86. The van der Waals surface area contributed by atoms with Crippen molar-refractivity contribution >= 4 is 23.6 Å². The topological polar surface area (TPSA) is 182 Å². The number of benzene rings is 3. The van der Waals surface area contributed by atoms with E-state index >= 15 is 0 Å². The van der Waals surface area contributed by atoms with Gasteiger partial charge in [-0.2, -0.15) is 5.21 Å². The van der Waals surface area contributed by atoms with Gasteiger partial charge in [0.1, 0.15) is 6.04 Å². The van der Waals surface area contributed by atoms with E-state index < -0.39 is 12.1 Å². The van der Waals surface area contributed by atoms with Crippen LogP contribution in [0.4, 0.5) is 10.5 Å². The van der Waals surface area contributed by atoms with Gasteiger partial charge in [-0.3, -0.25) is 9.59 Å². The summed E-state index contributed by atoms with van der Waals surface area (Å²) in [4.78, 5) is 37.8. The van der Waals surface area contributed by atoms with Crippen LogP contribution < -0.4 is 16.0 Å². The van der Waals surface area contributed by atoms with Gasteiger partial charge >= 0.3 is 6.09 Å². The van der Waals surface area contributed by atoms with Crippen LogP contribution in [-0.2, 0) is 22.6 Å². The van der Waals surface area contributed by atoms with Crippen molar-refractivity contribution in [3.63, 3.8) is 0 Å². The fraction of sp³-hybridized carbons (Fsp3) is 0.312. The maximum absolute atomic E-state index is 13.6. The van der Waals surface area contributed by atoms with Gasteiger partial charge in [-0.05, 0) is 83.3 Å². The predicted molar refractivity (Wildman–Crippen MR) is 163 cm³/mol. The van der Waals surface area contributed by atoms with Crippen LogP contribution in [0.1, 0.15) is 36.8 Å². The number of carbonyl (C=O) groups is 3. The number of rotatable bonds is 11. The first-order chi connectivity index (χ1) is 21.4. The number of aliphatic hydroxyl groups excluding tert-OH is 1. The van der Waals surface area contributed by atoms with E-state index in [0.29, 0.717) is 30.9 Å². The summed E-state index contributed by atoms with van der Waals surface area (Å²) in [6, 6.07) is 21.6. The molecule has 228 valence electrons. The average Bonchev–Trinajstić information content (AvgIpc) is 3.60. The first-order valence-corrected chi connectivity index (χ1v) is 14.6. The van der Waals surface area contributed by atoms with Crippen LogP contribution in [0, 0.1) is 11.8 Å². The Morgan fingerprint density at radius 1 is 0.909 bits per heavy atom. The van der Waals surface area contributed by atoms with E-state index in [2.05, 4.69) is 36.6 Å². The van der Waals surface area contributed by atoms with E-state index in [-0.39, 0.29) is 36.7 Å². The predicted octanol–water partition coefficient (Wildman–Crippen LogP) is 3.77. The lowest BCUT2D eigenvalue weighted by atomic mass is 9.81. The molecule has 0 aliphatic heterocycles. The van der Waals surface area contributed by atoms with Crippen molar-refractivity contribution in [1.29, 1.82) is 0 Å². The molecule has 0 bridgehead atoms. The zero-order chi connectivity index (χ0) is 30.9. The summed E-state index contributed by atoms with van der Waals surface area (Å²) < 4.78 is 0. The summed E-state index contributed by atoms with van der Waals surface area (Å²) in [6.45, 7) is 0.305. The molecule has 1 atom stereocenters. The molecule has 1 aliphatic carbocycles. The molecule has 4 aromatic rings. The highest BCUT2D eigenvalue weighted by atomic mass is 16.4. The molecule has 1 heterocycles. The number of aliphatic hydroxyl groups is 1. The van der Waals surface area contributed by atoms with Gasteiger partial charge in [0.2, 0.25) is 17.6 Å². The van der Waals surface area contributed by atoms with Crippen LogP contribution in [0.3, 0.4) is 0 Å². The Bertz CT molecular complexity index is 1550. The number of aromatic amines is 1. The number of hydrogen-bond donors (Lipinski definition) is 6. The number of H-pyrrole nitrogens is 1. The third-order valence-corrected chi connectivity index (χ3v) is 8.04. The molecule has 0 saturated heterocycles. The van der Waals surface area contributed by atoms with Crippen molar-refractivity contribution in [2.45, 2.75) is 44.8 Å². The van der Waals surface area contributed by atoms with Crippen LogP contribution in [0.25, 0.3) is 22.5 Å². The molecule has 3 amide bonds. The molecule has 12 nitrogen and oxygen atoms in total. The third-order valence-electron chi connectivity index (χ3n) is 8.04. The average molecular weight is 598 g/mol. The van der Waals surface area contributed by atoms with Crippen LogP contribution in [0.15, 0.2) is 72.8 Å². The zero-order valence-corrected chi connectivity index (χ0v) is 24.1. The molecule has 5 rings (SSSR count). The van der Waals surface area contributed by atoms with Crippen LogP contribution in [0.5, 0.6) is 0 Å². The Hall–Kier alpha value is -5.10. The van der Waals surface area contributed by atoms with Gasteiger partial charge < -0.3 is 26.2 Å². The minimum atomic E-state index is -1.05. The van der Waals surface area contributed by atoms with Crippen molar-refractivity contribution in [2.75, 3.05) is 11.9 Å². The highest BCUT2D eigenvalue weighted by Gasteiger charge is 2.30.